The van der Waals surface area contributed by atoms with Crippen LogP contribution in [0.15, 0.2) is 18.3 Å². The first kappa shape index (κ1) is 10.5. The maximum absolute atomic E-state index is 4.37. The van der Waals surface area contributed by atoms with Crippen molar-refractivity contribution in [1.29, 1.82) is 0 Å². The van der Waals surface area contributed by atoms with Crippen LogP contribution in [0, 0.1) is 3.57 Å². The second-order valence-corrected chi connectivity index (χ2v) is 5.71. The Kier molecular flexibility index (Phi) is 2.83. The first-order chi connectivity index (χ1) is 7.84. The van der Waals surface area contributed by atoms with E-state index in [1.807, 2.05) is 0 Å². The molecule has 1 saturated carbocycles. The molecule has 1 aliphatic rings. The van der Waals surface area contributed by atoms with E-state index in [0.717, 1.165) is 11.5 Å². The molecule has 2 aromatic heterocycles. The molecule has 3 nitrogen and oxygen atoms in total. The normalized spacial score (nSPS) is 18.1. The molecule has 3 rings (SSSR count). The Morgan fingerprint density at radius 3 is 2.81 bits per heavy atom. The Morgan fingerprint density at radius 2 is 2.00 bits per heavy atom. The SMILES string of the molecule is Ic1ccn2c(C3CCCCC3)nnc2c1. The Hall–Kier alpha value is -0.650. The number of aromatic nitrogens is 3. The van der Waals surface area contributed by atoms with Gasteiger partial charge in [-0.3, -0.25) is 4.40 Å². The molecule has 0 spiro atoms. The molecule has 1 fully saturated rings. The van der Waals surface area contributed by atoms with Crippen LogP contribution in [0.5, 0.6) is 0 Å². The van der Waals surface area contributed by atoms with Gasteiger partial charge in [0.05, 0.1) is 0 Å². The lowest BCUT2D eigenvalue weighted by Crippen LogP contribution is -2.08. The first-order valence-corrected chi connectivity index (χ1v) is 6.92. The predicted molar refractivity (Wildman–Crippen MR) is 71.5 cm³/mol. The Labute approximate surface area is 108 Å². The molecule has 1 aliphatic carbocycles. The molecule has 4 heteroatoms. The lowest BCUT2D eigenvalue weighted by Gasteiger charge is -2.19. The van der Waals surface area contributed by atoms with Gasteiger partial charge in [-0.25, -0.2) is 0 Å². The van der Waals surface area contributed by atoms with Crippen LogP contribution < -0.4 is 0 Å². The number of hydrogen-bond donors (Lipinski definition) is 0. The van der Waals surface area contributed by atoms with Crippen LogP contribution in [0.2, 0.25) is 0 Å². The van der Waals surface area contributed by atoms with Crippen molar-refractivity contribution in [1.82, 2.24) is 14.6 Å². The zero-order valence-corrected chi connectivity index (χ0v) is 11.2. The average Bonchev–Trinajstić information content (AvgIpc) is 2.73. The summed E-state index contributed by atoms with van der Waals surface area (Å²) in [5, 5.41) is 8.63. The van der Waals surface area contributed by atoms with Crippen LogP contribution in [0.3, 0.4) is 0 Å². The summed E-state index contributed by atoms with van der Waals surface area (Å²) in [4.78, 5) is 0. The minimum Gasteiger partial charge on any atom is -0.286 e. The summed E-state index contributed by atoms with van der Waals surface area (Å²) in [6, 6.07) is 4.20. The van der Waals surface area contributed by atoms with Crippen LogP contribution in [0.1, 0.15) is 43.8 Å². The van der Waals surface area contributed by atoms with Crippen molar-refractivity contribution in [3.05, 3.63) is 27.7 Å². The van der Waals surface area contributed by atoms with E-state index in [4.69, 9.17) is 0 Å². The van der Waals surface area contributed by atoms with Crippen molar-refractivity contribution in [2.45, 2.75) is 38.0 Å². The molecule has 0 atom stereocenters. The molecule has 0 saturated heterocycles. The van der Waals surface area contributed by atoms with E-state index < -0.39 is 0 Å². The largest absolute Gasteiger partial charge is 0.286 e. The highest BCUT2D eigenvalue weighted by molar-refractivity contribution is 14.1. The highest BCUT2D eigenvalue weighted by atomic mass is 127. The summed E-state index contributed by atoms with van der Waals surface area (Å²) < 4.78 is 3.37. The van der Waals surface area contributed by atoms with Gasteiger partial charge in [0.15, 0.2) is 5.65 Å². The Bertz CT molecular complexity index is 500. The Morgan fingerprint density at radius 1 is 1.19 bits per heavy atom. The van der Waals surface area contributed by atoms with Crippen molar-refractivity contribution in [2.75, 3.05) is 0 Å². The van der Waals surface area contributed by atoms with Gasteiger partial charge in [-0.05, 0) is 47.6 Å². The van der Waals surface area contributed by atoms with Gasteiger partial charge in [-0.2, -0.15) is 0 Å². The third-order valence-electron chi connectivity index (χ3n) is 3.37. The molecular weight excluding hydrogens is 313 g/mol. The number of nitrogens with zero attached hydrogens (tertiary/aromatic N) is 3. The molecule has 0 amide bonds. The maximum atomic E-state index is 4.37. The molecule has 2 heterocycles. The third kappa shape index (κ3) is 1.83. The summed E-state index contributed by atoms with van der Waals surface area (Å²) in [5.74, 6) is 1.77. The van der Waals surface area contributed by atoms with Crippen LogP contribution in [-0.2, 0) is 0 Å². The van der Waals surface area contributed by atoms with Crippen molar-refractivity contribution < 1.29 is 0 Å². The average molecular weight is 327 g/mol. The van der Waals surface area contributed by atoms with Gasteiger partial charge in [-0.1, -0.05) is 19.3 Å². The highest BCUT2D eigenvalue weighted by Gasteiger charge is 2.20. The van der Waals surface area contributed by atoms with Gasteiger partial charge < -0.3 is 0 Å². The molecular formula is C12H14IN3. The molecule has 84 valence electrons. The second kappa shape index (κ2) is 4.31. The molecule has 0 bridgehead atoms. The monoisotopic (exact) mass is 327 g/mol. The summed E-state index contributed by atoms with van der Waals surface area (Å²) in [7, 11) is 0. The fraction of sp³-hybridized carbons (Fsp3) is 0.500. The number of rotatable bonds is 1. The predicted octanol–water partition coefficient (Wildman–Crippen LogP) is 3.38. The molecule has 16 heavy (non-hydrogen) atoms. The van der Waals surface area contributed by atoms with Gasteiger partial charge in [-0.15, -0.1) is 10.2 Å². The van der Waals surface area contributed by atoms with E-state index in [-0.39, 0.29) is 0 Å². The van der Waals surface area contributed by atoms with E-state index in [0.29, 0.717) is 5.92 Å². The van der Waals surface area contributed by atoms with Crippen LogP contribution in [-0.4, -0.2) is 14.6 Å². The summed E-state index contributed by atoms with van der Waals surface area (Å²) in [5.41, 5.74) is 0.979. The second-order valence-electron chi connectivity index (χ2n) is 4.47. The smallest absolute Gasteiger partial charge is 0.161 e. The molecule has 0 unspecified atom stereocenters. The van der Waals surface area contributed by atoms with E-state index in [2.05, 4.69) is 55.5 Å². The first-order valence-electron chi connectivity index (χ1n) is 5.85. The minimum atomic E-state index is 0.615. The number of hydrogen-bond acceptors (Lipinski definition) is 2. The molecule has 0 aromatic carbocycles. The molecule has 0 N–H and O–H groups in total. The molecule has 0 aliphatic heterocycles. The number of halogens is 1. The van der Waals surface area contributed by atoms with E-state index in [1.54, 1.807) is 0 Å². The summed E-state index contributed by atoms with van der Waals surface area (Å²) in [6.07, 6.45) is 8.69. The third-order valence-corrected chi connectivity index (χ3v) is 4.04. The van der Waals surface area contributed by atoms with Crippen LogP contribution in [0.25, 0.3) is 5.65 Å². The van der Waals surface area contributed by atoms with E-state index in [9.17, 15) is 0 Å². The zero-order valence-electron chi connectivity index (χ0n) is 9.06. The van der Waals surface area contributed by atoms with Crippen molar-refractivity contribution in [3.8, 4) is 0 Å². The standard InChI is InChI=1S/C12H14IN3/c13-10-6-7-16-11(8-10)14-15-12(16)9-4-2-1-3-5-9/h6-9H,1-5H2. The molecule has 0 radical (unpaired) electrons. The fourth-order valence-electron chi connectivity index (χ4n) is 2.52. The van der Waals surface area contributed by atoms with Crippen molar-refractivity contribution in [2.24, 2.45) is 0 Å². The Balaban J connectivity index is 2.03. The number of fused-ring (bicyclic) bond motifs is 1. The van der Waals surface area contributed by atoms with Crippen LogP contribution in [0.4, 0.5) is 0 Å². The van der Waals surface area contributed by atoms with Gasteiger partial charge in [0.2, 0.25) is 0 Å². The maximum Gasteiger partial charge on any atom is 0.161 e. The lowest BCUT2D eigenvalue weighted by atomic mass is 9.89. The molecule has 2 aromatic rings. The lowest BCUT2D eigenvalue weighted by molar-refractivity contribution is 0.426. The zero-order chi connectivity index (χ0) is 11.0. The van der Waals surface area contributed by atoms with Gasteiger partial charge in [0.1, 0.15) is 5.82 Å². The van der Waals surface area contributed by atoms with Gasteiger partial charge in [0, 0.05) is 15.7 Å². The number of pyridine rings is 1. The van der Waals surface area contributed by atoms with E-state index in [1.165, 1.54) is 35.7 Å². The topological polar surface area (TPSA) is 30.2 Å². The van der Waals surface area contributed by atoms with Gasteiger partial charge in [0.25, 0.3) is 0 Å². The quantitative estimate of drug-likeness (QED) is 0.752. The van der Waals surface area contributed by atoms with Crippen molar-refractivity contribution >= 4 is 28.2 Å². The van der Waals surface area contributed by atoms with Gasteiger partial charge >= 0.3 is 0 Å². The summed E-state index contributed by atoms with van der Waals surface area (Å²) >= 11 is 2.31. The summed E-state index contributed by atoms with van der Waals surface area (Å²) in [6.45, 7) is 0. The van der Waals surface area contributed by atoms with Crippen LogP contribution >= 0.6 is 22.6 Å². The van der Waals surface area contributed by atoms with E-state index >= 15 is 0 Å². The fourth-order valence-corrected chi connectivity index (χ4v) is 2.96. The minimum absolute atomic E-state index is 0.615. The highest BCUT2D eigenvalue weighted by Crippen LogP contribution is 2.31. The van der Waals surface area contributed by atoms with Crippen molar-refractivity contribution in [3.63, 3.8) is 0 Å².